The van der Waals surface area contributed by atoms with Crippen LogP contribution in [0.1, 0.15) is 19.3 Å². The molecule has 1 aliphatic carbocycles. The molecule has 2 rings (SSSR count). The van der Waals surface area contributed by atoms with Gasteiger partial charge in [0.15, 0.2) is 0 Å². The van der Waals surface area contributed by atoms with E-state index in [9.17, 15) is 4.79 Å². The van der Waals surface area contributed by atoms with Gasteiger partial charge in [-0.15, -0.1) is 10.2 Å². The highest BCUT2D eigenvalue weighted by molar-refractivity contribution is 5.20. The van der Waals surface area contributed by atoms with Gasteiger partial charge in [-0.25, -0.2) is 0 Å². The van der Waals surface area contributed by atoms with E-state index in [1.54, 1.807) is 0 Å². The van der Waals surface area contributed by atoms with Crippen LogP contribution in [-0.4, -0.2) is 15.2 Å². The van der Waals surface area contributed by atoms with Gasteiger partial charge in [0.05, 0.1) is 0 Å². The molecule has 0 saturated carbocycles. The second-order valence-corrected chi connectivity index (χ2v) is 3.47. The molecule has 0 bridgehead atoms. The number of rotatable bonds is 3. The molecule has 1 aliphatic rings. The summed E-state index contributed by atoms with van der Waals surface area (Å²) in [5, 5.41) is 7.22. The van der Waals surface area contributed by atoms with Gasteiger partial charge in [0.25, 0.3) is 5.56 Å². The summed E-state index contributed by atoms with van der Waals surface area (Å²) in [4.78, 5) is 13.4. The molecule has 0 unspecified atom stereocenters. The number of anilines is 1. The van der Waals surface area contributed by atoms with E-state index in [-0.39, 0.29) is 5.56 Å². The third kappa shape index (κ3) is 2.94. The van der Waals surface area contributed by atoms with Crippen molar-refractivity contribution >= 4 is 5.95 Å². The summed E-state index contributed by atoms with van der Waals surface area (Å²) in [6.07, 6.45) is 10.4. The summed E-state index contributed by atoms with van der Waals surface area (Å²) in [7, 11) is 0. The first-order valence-corrected chi connectivity index (χ1v) is 5.11. The molecular formula is C10H13N5O. The minimum atomic E-state index is -0.285. The van der Waals surface area contributed by atoms with Crippen molar-refractivity contribution in [1.29, 1.82) is 0 Å². The molecule has 1 heterocycles. The van der Waals surface area contributed by atoms with E-state index >= 15 is 0 Å². The molecule has 0 atom stereocenters. The SMILES string of the molecule is O=c1cnnc(NNC=C2CC=CCC2)[nH]1. The predicted molar refractivity (Wildman–Crippen MR) is 60.5 cm³/mol. The van der Waals surface area contributed by atoms with E-state index in [0.29, 0.717) is 5.95 Å². The fourth-order valence-corrected chi connectivity index (χ4v) is 1.43. The lowest BCUT2D eigenvalue weighted by Crippen LogP contribution is -2.21. The third-order valence-corrected chi connectivity index (χ3v) is 2.22. The Morgan fingerprint density at radius 1 is 1.44 bits per heavy atom. The fraction of sp³-hybridized carbons (Fsp3) is 0.300. The highest BCUT2D eigenvalue weighted by atomic mass is 16.1. The minimum Gasteiger partial charge on any atom is -0.306 e. The number of nitrogens with zero attached hydrogens (tertiary/aromatic N) is 2. The van der Waals surface area contributed by atoms with Crippen LogP contribution in [-0.2, 0) is 0 Å². The van der Waals surface area contributed by atoms with E-state index in [2.05, 4.69) is 38.2 Å². The summed E-state index contributed by atoms with van der Waals surface area (Å²) < 4.78 is 0. The topological polar surface area (TPSA) is 82.7 Å². The molecule has 0 spiro atoms. The second-order valence-electron chi connectivity index (χ2n) is 3.47. The molecule has 1 aromatic heterocycles. The quantitative estimate of drug-likeness (QED) is 0.515. The van der Waals surface area contributed by atoms with E-state index in [4.69, 9.17) is 0 Å². The highest BCUT2D eigenvalue weighted by Gasteiger charge is 1.99. The zero-order valence-electron chi connectivity index (χ0n) is 8.73. The number of hydrogen-bond acceptors (Lipinski definition) is 5. The number of hydrazine groups is 1. The summed E-state index contributed by atoms with van der Waals surface area (Å²) in [5.41, 5.74) is 6.66. The van der Waals surface area contributed by atoms with Crippen LogP contribution in [0.15, 0.2) is 34.9 Å². The van der Waals surface area contributed by atoms with Gasteiger partial charge in [-0.3, -0.25) is 15.2 Å². The summed E-state index contributed by atoms with van der Waals surface area (Å²) in [6, 6.07) is 0. The Morgan fingerprint density at radius 2 is 2.38 bits per heavy atom. The zero-order chi connectivity index (χ0) is 11.2. The maximum Gasteiger partial charge on any atom is 0.271 e. The van der Waals surface area contributed by atoms with Gasteiger partial charge in [-0.05, 0) is 24.8 Å². The Balaban J connectivity index is 1.88. The number of hydrogen-bond donors (Lipinski definition) is 3. The van der Waals surface area contributed by atoms with Crippen LogP contribution in [0.5, 0.6) is 0 Å². The molecule has 6 nitrogen and oxygen atoms in total. The fourth-order valence-electron chi connectivity index (χ4n) is 1.43. The van der Waals surface area contributed by atoms with Crippen molar-refractivity contribution in [3.8, 4) is 0 Å². The number of aromatic nitrogens is 3. The van der Waals surface area contributed by atoms with E-state index in [0.717, 1.165) is 25.5 Å². The minimum absolute atomic E-state index is 0.285. The molecule has 16 heavy (non-hydrogen) atoms. The predicted octanol–water partition coefficient (Wildman–Crippen LogP) is 0.705. The molecule has 0 saturated heterocycles. The van der Waals surface area contributed by atoms with E-state index in [1.165, 1.54) is 5.57 Å². The lowest BCUT2D eigenvalue weighted by atomic mass is 10.0. The molecular weight excluding hydrogens is 206 g/mol. The van der Waals surface area contributed by atoms with Crippen LogP contribution in [0, 0.1) is 0 Å². The van der Waals surface area contributed by atoms with Gasteiger partial charge >= 0.3 is 0 Å². The van der Waals surface area contributed by atoms with Crippen molar-refractivity contribution in [2.75, 3.05) is 5.43 Å². The Labute approximate surface area is 92.5 Å². The Kier molecular flexibility index (Phi) is 3.32. The normalized spacial score (nSPS) is 17.4. The third-order valence-electron chi connectivity index (χ3n) is 2.22. The lowest BCUT2D eigenvalue weighted by Gasteiger charge is -2.09. The van der Waals surface area contributed by atoms with Gasteiger partial charge in [-0.2, -0.15) is 0 Å². The van der Waals surface area contributed by atoms with Crippen molar-refractivity contribution in [1.82, 2.24) is 20.6 Å². The average molecular weight is 219 g/mol. The first-order chi connectivity index (χ1) is 7.84. The van der Waals surface area contributed by atoms with Crippen LogP contribution >= 0.6 is 0 Å². The number of aromatic amines is 1. The summed E-state index contributed by atoms with van der Waals surface area (Å²) in [5.74, 6) is 0.302. The molecule has 0 aromatic carbocycles. The van der Waals surface area contributed by atoms with E-state index < -0.39 is 0 Å². The van der Waals surface area contributed by atoms with Crippen molar-refractivity contribution in [2.45, 2.75) is 19.3 Å². The van der Waals surface area contributed by atoms with Crippen LogP contribution in [0.3, 0.4) is 0 Å². The second kappa shape index (κ2) is 5.11. The maximum atomic E-state index is 10.9. The Bertz CT molecular complexity index is 462. The van der Waals surface area contributed by atoms with Gasteiger partial charge < -0.3 is 5.43 Å². The van der Waals surface area contributed by atoms with Crippen LogP contribution in [0.25, 0.3) is 0 Å². The largest absolute Gasteiger partial charge is 0.306 e. The zero-order valence-corrected chi connectivity index (χ0v) is 8.73. The van der Waals surface area contributed by atoms with Gasteiger partial charge in [-0.1, -0.05) is 12.2 Å². The molecule has 6 heteroatoms. The Hall–Kier alpha value is -2.11. The standard InChI is InChI=1S/C10H13N5O/c16-9-7-12-15-10(13-9)14-11-6-8-4-2-1-3-5-8/h1-2,6-7,11H,3-5H2,(H2,13,14,15,16). The van der Waals surface area contributed by atoms with Gasteiger partial charge in [0.1, 0.15) is 6.20 Å². The van der Waals surface area contributed by atoms with Crippen LogP contribution in [0.2, 0.25) is 0 Å². The number of nitrogens with one attached hydrogen (secondary N) is 3. The summed E-state index contributed by atoms with van der Waals surface area (Å²) >= 11 is 0. The van der Waals surface area contributed by atoms with Gasteiger partial charge in [0, 0.05) is 6.20 Å². The molecule has 1 aromatic rings. The molecule has 0 aliphatic heterocycles. The smallest absolute Gasteiger partial charge is 0.271 e. The molecule has 3 N–H and O–H groups in total. The maximum absolute atomic E-state index is 10.9. The van der Waals surface area contributed by atoms with Crippen LogP contribution in [0.4, 0.5) is 5.95 Å². The Morgan fingerprint density at radius 3 is 3.12 bits per heavy atom. The molecule has 0 fully saturated rings. The van der Waals surface area contributed by atoms with Gasteiger partial charge in [0.2, 0.25) is 5.95 Å². The van der Waals surface area contributed by atoms with Crippen molar-refractivity contribution in [3.63, 3.8) is 0 Å². The molecule has 0 amide bonds. The average Bonchev–Trinajstić information content (AvgIpc) is 2.30. The molecule has 84 valence electrons. The lowest BCUT2D eigenvalue weighted by molar-refractivity contribution is 0.855. The first-order valence-electron chi connectivity index (χ1n) is 5.11. The number of H-pyrrole nitrogens is 1. The first kappa shape index (κ1) is 10.4. The van der Waals surface area contributed by atoms with Crippen molar-refractivity contribution in [2.24, 2.45) is 0 Å². The monoisotopic (exact) mass is 219 g/mol. The van der Waals surface area contributed by atoms with Crippen LogP contribution < -0.4 is 16.4 Å². The summed E-state index contributed by atoms with van der Waals surface area (Å²) in [6.45, 7) is 0. The highest BCUT2D eigenvalue weighted by Crippen LogP contribution is 2.15. The van der Waals surface area contributed by atoms with Crippen molar-refractivity contribution in [3.05, 3.63) is 40.5 Å². The van der Waals surface area contributed by atoms with E-state index in [1.807, 2.05) is 6.20 Å². The molecule has 0 radical (unpaired) electrons. The number of allylic oxidation sites excluding steroid dienone is 3. The van der Waals surface area contributed by atoms with Crippen molar-refractivity contribution < 1.29 is 0 Å².